The summed E-state index contributed by atoms with van der Waals surface area (Å²) in [6, 6.07) is 9.87. The van der Waals surface area contributed by atoms with E-state index in [1.54, 1.807) is 19.5 Å². The van der Waals surface area contributed by atoms with E-state index in [9.17, 15) is 4.79 Å². The average Bonchev–Trinajstić information content (AvgIpc) is 3.12. The van der Waals surface area contributed by atoms with Crippen molar-refractivity contribution in [3.8, 4) is 16.9 Å². The maximum atomic E-state index is 12.7. The predicted molar refractivity (Wildman–Crippen MR) is 119 cm³/mol. The van der Waals surface area contributed by atoms with E-state index in [0.717, 1.165) is 33.3 Å². The molecule has 1 amide bonds. The van der Waals surface area contributed by atoms with E-state index in [-0.39, 0.29) is 5.91 Å². The zero-order chi connectivity index (χ0) is 21.3. The van der Waals surface area contributed by atoms with Crippen molar-refractivity contribution in [2.24, 2.45) is 0 Å². The molecule has 1 aromatic carbocycles. The maximum Gasteiger partial charge on any atom is 0.263 e. The number of methoxy groups -OCH3 is 1. The molecular formula is C22H21N5O2S. The molecule has 0 aliphatic carbocycles. The average molecular weight is 420 g/mol. The highest BCUT2D eigenvalue weighted by molar-refractivity contribution is 7.21. The van der Waals surface area contributed by atoms with E-state index in [1.165, 1.54) is 11.3 Å². The fraction of sp³-hybridized carbons (Fsp3) is 0.182. The van der Waals surface area contributed by atoms with Crippen LogP contribution in [0.2, 0.25) is 0 Å². The van der Waals surface area contributed by atoms with Crippen molar-refractivity contribution in [3.05, 3.63) is 64.4 Å². The lowest BCUT2D eigenvalue weighted by molar-refractivity contribution is 0.0956. The zero-order valence-electron chi connectivity index (χ0n) is 16.9. The van der Waals surface area contributed by atoms with E-state index in [0.29, 0.717) is 27.7 Å². The first kappa shape index (κ1) is 19.8. The molecule has 152 valence electrons. The summed E-state index contributed by atoms with van der Waals surface area (Å²) in [5, 5.41) is 12.0. The summed E-state index contributed by atoms with van der Waals surface area (Å²) in [7, 11) is 1.62. The van der Waals surface area contributed by atoms with Crippen LogP contribution in [0.15, 0.2) is 42.7 Å². The van der Waals surface area contributed by atoms with Gasteiger partial charge in [-0.3, -0.25) is 9.78 Å². The SMILES string of the molecule is COc1cncc(-c2ccc(CNC(=O)c3sc4nnc(C)c(C)c4c3N)cc2)c1. The third-order valence-corrected chi connectivity index (χ3v) is 6.12. The molecule has 0 saturated carbocycles. The third-order valence-electron chi connectivity index (χ3n) is 5.03. The summed E-state index contributed by atoms with van der Waals surface area (Å²) in [6.45, 7) is 4.22. The third kappa shape index (κ3) is 3.69. The number of hydrogen-bond donors (Lipinski definition) is 2. The molecule has 0 aliphatic heterocycles. The van der Waals surface area contributed by atoms with Crippen molar-refractivity contribution in [2.75, 3.05) is 12.8 Å². The molecule has 8 heteroatoms. The van der Waals surface area contributed by atoms with Crippen LogP contribution in [0.4, 0.5) is 5.69 Å². The largest absolute Gasteiger partial charge is 0.495 e. The lowest BCUT2D eigenvalue weighted by Gasteiger charge is -2.07. The van der Waals surface area contributed by atoms with Crippen LogP contribution < -0.4 is 15.8 Å². The standard InChI is InChI=1S/C22H21N5O2S/c1-12-13(2)26-27-22-18(12)19(23)20(30-22)21(28)25-9-14-4-6-15(7-5-14)16-8-17(29-3)11-24-10-16/h4-8,10-11H,9,23H2,1-3H3,(H,25,28). The minimum Gasteiger partial charge on any atom is -0.495 e. The number of ether oxygens (including phenoxy) is 1. The van der Waals surface area contributed by atoms with Crippen molar-refractivity contribution in [3.63, 3.8) is 0 Å². The number of rotatable bonds is 5. The summed E-state index contributed by atoms with van der Waals surface area (Å²) in [5.41, 5.74) is 11.4. The first-order valence-electron chi connectivity index (χ1n) is 9.36. The highest BCUT2D eigenvalue weighted by atomic mass is 32.1. The summed E-state index contributed by atoms with van der Waals surface area (Å²) in [6.07, 6.45) is 3.46. The van der Waals surface area contributed by atoms with Gasteiger partial charge in [0.2, 0.25) is 0 Å². The number of carbonyl (C=O) groups excluding carboxylic acids is 1. The second-order valence-corrected chi connectivity index (χ2v) is 7.93. The number of benzene rings is 1. The van der Waals surface area contributed by atoms with Crippen molar-refractivity contribution in [1.82, 2.24) is 20.5 Å². The second kappa shape index (κ2) is 8.08. The van der Waals surface area contributed by atoms with Crippen molar-refractivity contribution in [1.29, 1.82) is 0 Å². The summed E-state index contributed by atoms with van der Waals surface area (Å²) < 4.78 is 5.22. The molecule has 3 aromatic heterocycles. The van der Waals surface area contributed by atoms with Crippen LogP contribution in [0.1, 0.15) is 26.5 Å². The van der Waals surface area contributed by atoms with Crippen molar-refractivity contribution >= 4 is 33.1 Å². The van der Waals surface area contributed by atoms with Crippen molar-refractivity contribution < 1.29 is 9.53 Å². The Morgan fingerprint density at radius 1 is 1.13 bits per heavy atom. The Hall–Kier alpha value is -3.52. The van der Waals surface area contributed by atoms with Crippen LogP contribution in [0.5, 0.6) is 5.75 Å². The quantitative estimate of drug-likeness (QED) is 0.509. The first-order chi connectivity index (χ1) is 14.5. The Bertz CT molecular complexity index is 1230. The summed E-state index contributed by atoms with van der Waals surface area (Å²) in [5.74, 6) is 0.494. The molecule has 3 heterocycles. The molecule has 0 radical (unpaired) electrons. The van der Waals surface area contributed by atoms with Crippen LogP contribution in [-0.4, -0.2) is 28.2 Å². The molecule has 0 saturated heterocycles. The Morgan fingerprint density at radius 3 is 2.63 bits per heavy atom. The van der Waals surface area contributed by atoms with Gasteiger partial charge in [0.05, 0.1) is 24.7 Å². The first-order valence-corrected chi connectivity index (χ1v) is 10.2. The van der Waals surface area contributed by atoms with Gasteiger partial charge in [0.1, 0.15) is 15.5 Å². The van der Waals surface area contributed by atoms with Gasteiger partial charge in [-0.2, -0.15) is 5.10 Å². The van der Waals surface area contributed by atoms with Gasteiger partial charge in [-0.25, -0.2) is 0 Å². The fourth-order valence-electron chi connectivity index (χ4n) is 3.18. The predicted octanol–water partition coefficient (Wildman–Crippen LogP) is 3.89. The summed E-state index contributed by atoms with van der Waals surface area (Å²) >= 11 is 1.26. The molecule has 0 atom stereocenters. The highest BCUT2D eigenvalue weighted by Crippen LogP contribution is 2.34. The van der Waals surface area contributed by atoms with Gasteiger partial charge in [0, 0.05) is 23.7 Å². The molecule has 0 aliphatic rings. The van der Waals surface area contributed by atoms with Gasteiger partial charge in [-0.1, -0.05) is 24.3 Å². The topological polar surface area (TPSA) is 103 Å². The van der Waals surface area contributed by atoms with Gasteiger partial charge >= 0.3 is 0 Å². The van der Waals surface area contributed by atoms with E-state index in [2.05, 4.69) is 20.5 Å². The second-order valence-electron chi connectivity index (χ2n) is 6.93. The molecule has 0 spiro atoms. The van der Waals surface area contributed by atoms with E-state index in [1.807, 2.05) is 44.2 Å². The number of nitrogens with one attached hydrogen (secondary N) is 1. The maximum absolute atomic E-state index is 12.7. The molecule has 4 aromatic rings. The molecule has 0 fully saturated rings. The number of aryl methyl sites for hydroxylation is 2. The van der Waals surface area contributed by atoms with Crippen LogP contribution in [0.3, 0.4) is 0 Å². The smallest absolute Gasteiger partial charge is 0.263 e. The number of nitrogens with zero attached hydrogens (tertiary/aromatic N) is 3. The number of nitrogen functional groups attached to an aromatic ring is 1. The molecule has 4 rings (SSSR count). The van der Waals surface area contributed by atoms with Gasteiger partial charge in [0.15, 0.2) is 0 Å². The van der Waals surface area contributed by atoms with E-state index < -0.39 is 0 Å². The Balaban J connectivity index is 1.48. The molecule has 3 N–H and O–H groups in total. The number of thiophene rings is 1. The van der Waals surface area contributed by atoms with Crippen LogP contribution in [0, 0.1) is 13.8 Å². The van der Waals surface area contributed by atoms with Gasteiger partial charge in [-0.15, -0.1) is 16.4 Å². The summed E-state index contributed by atoms with van der Waals surface area (Å²) in [4.78, 5) is 18.0. The van der Waals surface area contributed by atoms with Gasteiger partial charge < -0.3 is 15.8 Å². The Kier molecular flexibility index (Phi) is 5.33. The molecule has 30 heavy (non-hydrogen) atoms. The lowest BCUT2D eigenvalue weighted by atomic mass is 10.1. The van der Waals surface area contributed by atoms with Crippen LogP contribution in [-0.2, 0) is 6.54 Å². The number of anilines is 1. The van der Waals surface area contributed by atoms with Crippen LogP contribution >= 0.6 is 11.3 Å². The Labute approximate surface area is 177 Å². The number of aromatic nitrogens is 3. The highest BCUT2D eigenvalue weighted by Gasteiger charge is 2.19. The monoisotopic (exact) mass is 419 g/mol. The molecule has 0 bridgehead atoms. The van der Waals surface area contributed by atoms with E-state index >= 15 is 0 Å². The van der Waals surface area contributed by atoms with Crippen molar-refractivity contribution in [2.45, 2.75) is 20.4 Å². The Morgan fingerprint density at radius 2 is 1.90 bits per heavy atom. The fourth-order valence-corrected chi connectivity index (χ4v) is 4.19. The van der Waals surface area contributed by atoms with Crippen LogP contribution in [0.25, 0.3) is 21.3 Å². The van der Waals surface area contributed by atoms with E-state index in [4.69, 9.17) is 10.5 Å². The van der Waals surface area contributed by atoms with Gasteiger partial charge in [0.25, 0.3) is 5.91 Å². The molecule has 0 unspecified atom stereocenters. The number of carbonyl (C=O) groups is 1. The number of amides is 1. The number of nitrogens with two attached hydrogens (primary N) is 1. The lowest BCUT2D eigenvalue weighted by Crippen LogP contribution is -2.22. The number of pyridine rings is 1. The normalized spacial score (nSPS) is 10.9. The minimum absolute atomic E-state index is 0.214. The minimum atomic E-state index is -0.214. The van der Waals surface area contributed by atoms with Gasteiger partial charge in [-0.05, 0) is 36.6 Å². The zero-order valence-corrected chi connectivity index (χ0v) is 17.7. The molecule has 7 nitrogen and oxygen atoms in total. The molecular weight excluding hydrogens is 398 g/mol. The number of hydrogen-bond acceptors (Lipinski definition) is 7. The number of fused-ring (bicyclic) bond motifs is 1.